The third-order valence-electron chi connectivity index (χ3n) is 6.04. The summed E-state index contributed by atoms with van der Waals surface area (Å²) in [7, 11) is 0. The summed E-state index contributed by atoms with van der Waals surface area (Å²) in [5.74, 6) is -6.53. The molecule has 0 radical (unpaired) electrons. The van der Waals surface area contributed by atoms with Crippen LogP contribution in [0.1, 0.15) is 18.9 Å². The first-order chi connectivity index (χ1) is 16.1. The van der Waals surface area contributed by atoms with Crippen LogP contribution < -0.4 is 10.3 Å². The van der Waals surface area contributed by atoms with Gasteiger partial charge in [0.05, 0.1) is 17.8 Å². The molecule has 9 heteroatoms. The first-order valence-corrected chi connectivity index (χ1v) is 10.8. The van der Waals surface area contributed by atoms with Crippen molar-refractivity contribution in [1.82, 2.24) is 9.88 Å². The highest BCUT2D eigenvalue weighted by atomic mass is 19.3. The summed E-state index contributed by atoms with van der Waals surface area (Å²) in [6.07, 6.45) is -0.313. The van der Waals surface area contributed by atoms with Crippen molar-refractivity contribution in [2.24, 2.45) is 5.92 Å². The SMILES string of the molecule is Cc1ccccc1-c1c[nH]c(=O)c2cc(O[C@H](C)C(=O)N3CC(C(=O)O)CC(F)(F)C3)ccc12. The molecule has 3 aromatic rings. The predicted molar refractivity (Wildman–Crippen MR) is 122 cm³/mol. The zero-order valence-corrected chi connectivity index (χ0v) is 18.7. The van der Waals surface area contributed by atoms with Crippen molar-refractivity contribution in [3.8, 4) is 16.9 Å². The van der Waals surface area contributed by atoms with Crippen LogP contribution in [0.15, 0.2) is 53.5 Å². The summed E-state index contributed by atoms with van der Waals surface area (Å²) in [6.45, 7) is 2.20. The molecule has 1 aliphatic rings. The van der Waals surface area contributed by atoms with Crippen LogP contribution in [0.4, 0.5) is 8.78 Å². The van der Waals surface area contributed by atoms with Crippen LogP contribution in [0.3, 0.4) is 0 Å². The minimum absolute atomic E-state index is 0.222. The van der Waals surface area contributed by atoms with Gasteiger partial charge in [0, 0.05) is 24.7 Å². The number of likely N-dealkylation sites (tertiary alicyclic amines) is 1. The minimum Gasteiger partial charge on any atom is -0.481 e. The van der Waals surface area contributed by atoms with Gasteiger partial charge in [0.15, 0.2) is 6.10 Å². The number of fused-ring (bicyclic) bond motifs is 1. The van der Waals surface area contributed by atoms with Crippen molar-refractivity contribution < 1.29 is 28.2 Å². The van der Waals surface area contributed by atoms with Gasteiger partial charge in [-0.3, -0.25) is 14.4 Å². The van der Waals surface area contributed by atoms with Crippen LogP contribution in [0.25, 0.3) is 21.9 Å². The van der Waals surface area contributed by atoms with Crippen LogP contribution in [-0.4, -0.2) is 52.0 Å². The Hall–Kier alpha value is -3.75. The third kappa shape index (κ3) is 4.64. The quantitative estimate of drug-likeness (QED) is 0.590. The second-order valence-corrected chi connectivity index (χ2v) is 8.63. The van der Waals surface area contributed by atoms with Crippen molar-refractivity contribution in [1.29, 1.82) is 0 Å². The molecule has 0 spiro atoms. The zero-order valence-electron chi connectivity index (χ0n) is 18.7. The maximum atomic E-state index is 14.0. The molecule has 0 bridgehead atoms. The van der Waals surface area contributed by atoms with Gasteiger partial charge in [-0.15, -0.1) is 0 Å². The molecule has 1 aliphatic heterocycles. The van der Waals surface area contributed by atoms with E-state index in [0.717, 1.165) is 21.6 Å². The van der Waals surface area contributed by atoms with Crippen molar-refractivity contribution in [3.05, 3.63) is 64.6 Å². The number of carboxylic acid groups (broad SMARTS) is 1. The molecule has 1 unspecified atom stereocenters. The number of nitrogens with zero attached hydrogens (tertiary/aromatic N) is 1. The number of H-pyrrole nitrogens is 1. The fourth-order valence-electron chi connectivity index (χ4n) is 4.35. The Morgan fingerprint density at radius 2 is 1.91 bits per heavy atom. The number of hydrogen-bond donors (Lipinski definition) is 2. The zero-order chi connectivity index (χ0) is 24.6. The predicted octanol–water partition coefficient (Wildman–Crippen LogP) is 3.84. The Morgan fingerprint density at radius 1 is 1.18 bits per heavy atom. The summed E-state index contributed by atoms with van der Waals surface area (Å²) in [5, 5.41) is 10.2. The number of rotatable bonds is 5. The van der Waals surface area contributed by atoms with Gasteiger partial charge in [-0.2, -0.15) is 0 Å². The molecule has 0 aliphatic carbocycles. The van der Waals surface area contributed by atoms with E-state index in [-0.39, 0.29) is 17.9 Å². The molecular formula is C25H24F2N2O5. The second kappa shape index (κ2) is 8.89. The standard InChI is InChI=1S/C25H24F2N2O5/c1-14-5-3-4-6-18(14)21-11-28-22(30)20-9-17(7-8-19(20)21)34-15(2)23(31)29-12-16(24(32)33)10-25(26,27)13-29/h3-9,11,15-16H,10,12-13H2,1-2H3,(H,28,30)(H,32,33)/t15-,16?/m1/s1. The first kappa shape index (κ1) is 23.4. The number of hydrogen-bond acceptors (Lipinski definition) is 4. The lowest BCUT2D eigenvalue weighted by atomic mass is 9.95. The van der Waals surface area contributed by atoms with Crippen molar-refractivity contribution in [2.45, 2.75) is 32.3 Å². The van der Waals surface area contributed by atoms with Crippen molar-refractivity contribution in [3.63, 3.8) is 0 Å². The Kier molecular flexibility index (Phi) is 6.12. The Morgan fingerprint density at radius 3 is 2.62 bits per heavy atom. The average Bonchev–Trinajstić information content (AvgIpc) is 2.78. The van der Waals surface area contributed by atoms with Crippen LogP contribution in [0.2, 0.25) is 0 Å². The van der Waals surface area contributed by atoms with Crippen LogP contribution >= 0.6 is 0 Å². The molecule has 2 heterocycles. The largest absolute Gasteiger partial charge is 0.481 e. The van der Waals surface area contributed by atoms with Gasteiger partial charge in [-0.05, 0) is 48.6 Å². The topological polar surface area (TPSA) is 99.7 Å². The van der Waals surface area contributed by atoms with E-state index < -0.39 is 42.8 Å². The lowest BCUT2D eigenvalue weighted by molar-refractivity contribution is -0.162. The maximum Gasteiger partial charge on any atom is 0.308 e. The lowest BCUT2D eigenvalue weighted by Gasteiger charge is -2.37. The highest BCUT2D eigenvalue weighted by Gasteiger charge is 2.45. The molecule has 34 heavy (non-hydrogen) atoms. The molecule has 4 rings (SSSR count). The molecular weight excluding hydrogens is 446 g/mol. The number of benzene rings is 2. The van der Waals surface area contributed by atoms with E-state index in [2.05, 4.69) is 4.98 Å². The number of aryl methyl sites for hydroxylation is 1. The molecule has 1 aromatic heterocycles. The fraction of sp³-hybridized carbons (Fsp3) is 0.320. The lowest BCUT2D eigenvalue weighted by Crippen LogP contribution is -2.54. The normalized spacial score (nSPS) is 18.5. The van der Waals surface area contributed by atoms with E-state index in [1.165, 1.54) is 13.0 Å². The molecule has 1 saturated heterocycles. The van der Waals surface area contributed by atoms with Crippen LogP contribution in [-0.2, 0) is 9.59 Å². The molecule has 7 nitrogen and oxygen atoms in total. The van der Waals surface area contributed by atoms with Gasteiger partial charge in [-0.1, -0.05) is 24.3 Å². The van der Waals surface area contributed by atoms with E-state index in [0.29, 0.717) is 10.8 Å². The van der Waals surface area contributed by atoms with Gasteiger partial charge in [-0.25, -0.2) is 8.78 Å². The fourth-order valence-corrected chi connectivity index (χ4v) is 4.35. The molecule has 1 amide bonds. The molecule has 2 aromatic carbocycles. The number of piperidine rings is 1. The van der Waals surface area contributed by atoms with Crippen LogP contribution in [0, 0.1) is 12.8 Å². The Labute approximate surface area is 194 Å². The van der Waals surface area contributed by atoms with Gasteiger partial charge in [0.1, 0.15) is 5.75 Å². The summed E-state index contributed by atoms with van der Waals surface area (Å²) < 4.78 is 33.7. The number of ether oxygens (including phenoxy) is 1. The third-order valence-corrected chi connectivity index (χ3v) is 6.04. The molecule has 1 fully saturated rings. The van der Waals surface area contributed by atoms with E-state index in [1.807, 2.05) is 31.2 Å². The van der Waals surface area contributed by atoms with E-state index in [9.17, 15) is 23.2 Å². The summed E-state index contributed by atoms with van der Waals surface area (Å²) in [4.78, 5) is 40.1. The molecule has 2 atom stereocenters. The van der Waals surface area contributed by atoms with Gasteiger partial charge in [0.2, 0.25) is 0 Å². The average molecular weight is 470 g/mol. The van der Waals surface area contributed by atoms with Gasteiger partial charge in [0.25, 0.3) is 17.4 Å². The summed E-state index contributed by atoms with van der Waals surface area (Å²) in [6, 6.07) is 12.6. The highest BCUT2D eigenvalue weighted by molar-refractivity contribution is 5.97. The van der Waals surface area contributed by atoms with E-state index in [1.54, 1.807) is 18.3 Å². The number of aliphatic carboxylic acids is 1. The number of aromatic nitrogens is 1. The molecule has 0 saturated carbocycles. The summed E-state index contributed by atoms with van der Waals surface area (Å²) >= 11 is 0. The number of carbonyl (C=O) groups excluding carboxylic acids is 1. The maximum absolute atomic E-state index is 14.0. The smallest absolute Gasteiger partial charge is 0.308 e. The summed E-state index contributed by atoms with van der Waals surface area (Å²) in [5.41, 5.74) is 2.49. The van der Waals surface area contributed by atoms with Crippen LogP contribution in [0.5, 0.6) is 5.75 Å². The molecule has 2 N–H and O–H groups in total. The van der Waals surface area contributed by atoms with Crippen molar-refractivity contribution in [2.75, 3.05) is 13.1 Å². The number of carboxylic acids is 1. The van der Waals surface area contributed by atoms with Gasteiger partial charge < -0.3 is 19.7 Å². The second-order valence-electron chi connectivity index (χ2n) is 8.63. The number of amides is 1. The monoisotopic (exact) mass is 470 g/mol. The molecule has 178 valence electrons. The van der Waals surface area contributed by atoms with E-state index >= 15 is 0 Å². The number of carbonyl (C=O) groups is 2. The van der Waals surface area contributed by atoms with Crippen molar-refractivity contribution >= 4 is 22.6 Å². The Bertz CT molecular complexity index is 1320. The minimum atomic E-state index is -3.29. The number of alkyl halides is 2. The highest BCUT2D eigenvalue weighted by Crippen LogP contribution is 2.32. The first-order valence-electron chi connectivity index (χ1n) is 10.8. The number of aromatic amines is 1. The number of halogens is 2. The number of nitrogens with one attached hydrogen (secondary N) is 1. The van der Waals surface area contributed by atoms with E-state index in [4.69, 9.17) is 9.84 Å². The van der Waals surface area contributed by atoms with Gasteiger partial charge >= 0.3 is 5.97 Å². The Balaban J connectivity index is 1.59. The number of pyridine rings is 1.